The highest BCUT2D eigenvalue weighted by Crippen LogP contribution is 1.80. The molecule has 0 aromatic heterocycles. The minimum absolute atomic E-state index is 0.125. The van der Waals surface area contributed by atoms with Crippen LogP contribution < -0.4 is 0 Å². The van der Waals surface area contributed by atoms with Gasteiger partial charge in [-0.15, -0.1) is 0 Å². The van der Waals surface area contributed by atoms with Crippen LogP contribution in [0.25, 0.3) is 0 Å². The van der Waals surface area contributed by atoms with E-state index in [2.05, 4.69) is 4.74 Å². The summed E-state index contributed by atoms with van der Waals surface area (Å²) in [5, 5.41) is 9.72. The van der Waals surface area contributed by atoms with E-state index in [1.807, 2.05) is 0 Å². The quantitative estimate of drug-likeness (QED) is 0.494. The van der Waals surface area contributed by atoms with Crippen molar-refractivity contribution in [2.75, 3.05) is 26.5 Å². The predicted octanol–water partition coefficient (Wildman–Crippen LogP) is 0.793. The molecular weight excluding hydrogens is 111 g/mol. The SMILES string of the molecule is [O]CCCOCCF. The van der Waals surface area contributed by atoms with Crippen LogP contribution in [0.3, 0.4) is 0 Å². The van der Waals surface area contributed by atoms with Crippen LogP contribution in [-0.4, -0.2) is 26.5 Å². The Morgan fingerprint density at radius 2 is 2.12 bits per heavy atom. The lowest BCUT2D eigenvalue weighted by atomic mass is 10.5. The third kappa shape index (κ3) is 5.85. The summed E-state index contributed by atoms with van der Waals surface area (Å²) in [6.45, 7) is -0.0709. The van der Waals surface area contributed by atoms with Crippen LogP contribution in [0.1, 0.15) is 6.42 Å². The molecule has 0 aromatic carbocycles. The van der Waals surface area contributed by atoms with Crippen molar-refractivity contribution in [3.05, 3.63) is 0 Å². The van der Waals surface area contributed by atoms with E-state index in [9.17, 15) is 9.50 Å². The van der Waals surface area contributed by atoms with Gasteiger partial charge in [-0.2, -0.15) is 0 Å². The fourth-order valence-electron chi connectivity index (χ4n) is 0.318. The Kier molecular flexibility index (Phi) is 6.72. The molecule has 8 heavy (non-hydrogen) atoms. The fraction of sp³-hybridized carbons (Fsp3) is 1.00. The second-order valence-electron chi connectivity index (χ2n) is 1.36. The summed E-state index contributed by atoms with van der Waals surface area (Å²) in [7, 11) is 0. The van der Waals surface area contributed by atoms with Crippen LogP contribution >= 0.6 is 0 Å². The fourth-order valence-corrected chi connectivity index (χ4v) is 0.318. The molecule has 0 aliphatic rings. The standard InChI is InChI=1S/C5H10FO2/c6-2-5-8-4-1-3-7/h1-5H2. The van der Waals surface area contributed by atoms with E-state index in [0.717, 1.165) is 0 Å². The Labute approximate surface area is 48.3 Å². The van der Waals surface area contributed by atoms with Gasteiger partial charge < -0.3 is 4.74 Å². The highest BCUT2D eigenvalue weighted by Gasteiger charge is 1.84. The predicted molar refractivity (Wildman–Crippen MR) is 27.0 cm³/mol. The number of ether oxygens (including phenoxy) is 1. The molecule has 0 amide bonds. The molecule has 0 aliphatic heterocycles. The minimum atomic E-state index is -0.459. The van der Waals surface area contributed by atoms with E-state index >= 15 is 0 Å². The molecule has 0 N–H and O–H groups in total. The van der Waals surface area contributed by atoms with Crippen molar-refractivity contribution in [2.24, 2.45) is 0 Å². The van der Waals surface area contributed by atoms with Gasteiger partial charge in [0.2, 0.25) is 0 Å². The smallest absolute Gasteiger partial charge is 0.113 e. The lowest BCUT2D eigenvalue weighted by Gasteiger charge is -1.95. The zero-order chi connectivity index (χ0) is 6.24. The molecule has 0 fully saturated rings. The lowest BCUT2D eigenvalue weighted by molar-refractivity contribution is 0.0899. The van der Waals surface area contributed by atoms with Crippen LogP contribution in [0.5, 0.6) is 0 Å². The molecule has 3 heteroatoms. The molecule has 49 valence electrons. The molecule has 0 aromatic rings. The van der Waals surface area contributed by atoms with Crippen LogP contribution in [0.15, 0.2) is 0 Å². The van der Waals surface area contributed by atoms with Crippen LogP contribution in [-0.2, 0) is 9.84 Å². The van der Waals surface area contributed by atoms with E-state index < -0.39 is 6.67 Å². The van der Waals surface area contributed by atoms with Crippen LogP contribution in [0.4, 0.5) is 4.39 Å². The minimum Gasteiger partial charge on any atom is -0.379 e. The van der Waals surface area contributed by atoms with Gasteiger partial charge in [-0.3, -0.25) is 0 Å². The maximum Gasteiger partial charge on any atom is 0.113 e. The largest absolute Gasteiger partial charge is 0.379 e. The highest BCUT2D eigenvalue weighted by atomic mass is 19.1. The Hall–Kier alpha value is -0.150. The second-order valence-corrected chi connectivity index (χ2v) is 1.36. The Balaban J connectivity index is 2.53. The lowest BCUT2D eigenvalue weighted by Crippen LogP contribution is -1.99. The molecule has 0 aliphatic carbocycles. The van der Waals surface area contributed by atoms with E-state index in [1.165, 1.54) is 0 Å². The summed E-state index contributed by atoms with van der Waals surface area (Å²) in [5.74, 6) is 0. The normalized spacial score (nSPS) is 9.75. The molecule has 0 rings (SSSR count). The molecule has 1 radical (unpaired) electrons. The van der Waals surface area contributed by atoms with Crippen molar-refractivity contribution >= 4 is 0 Å². The van der Waals surface area contributed by atoms with Gasteiger partial charge in [0.15, 0.2) is 0 Å². The van der Waals surface area contributed by atoms with Crippen molar-refractivity contribution in [1.29, 1.82) is 0 Å². The van der Waals surface area contributed by atoms with Crippen LogP contribution in [0.2, 0.25) is 0 Å². The van der Waals surface area contributed by atoms with Crippen molar-refractivity contribution in [3.8, 4) is 0 Å². The van der Waals surface area contributed by atoms with E-state index in [1.54, 1.807) is 0 Å². The van der Waals surface area contributed by atoms with Gasteiger partial charge in [-0.1, -0.05) is 0 Å². The number of hydrogen-bond acceptors (Lipinski definition) is 1. The second kappa shape index (κ2) is 6.85. The van der Waals surface area contributed by atoms with Crippen LogP contribution in [0, 0.1) is 0 Å². The van der Waals surface area contributed by atoms with Gasteiger partial charge in [0.1, 0.15) is 6.67 Å². The summed E-state index contributed by atoms with van der Waals surface area (Å²) in [6, 6.07) is 0. The third-order valence-electron chi connectivity index (χ3n) is 0.655. The highest BCUT2D eigenvalue weighted by molar-refractivity contribution is 4.30. The van der Waals surface area contributed by atoms with Gasteiger partial charge in [-0.05, 0) is 6.42 Å². The molecule has 0 saturated heterocycles. The summed E-state index contributed by atoms with van der Waals surface area (Å²) < 4.78 is 15.9. The molecule has 2 nitrogen and oxygen atoms in total. The first kappa shape index (κ1) is 7.85. The molecular formula is C5H10FO2. The van der Waals surface area contributed by atoms with Crippen molar-refractivity contribution < 1.29 is 14.2 Å². The summed E-state index contributed by atoms with van der Waals surface area (Å²) in [5.41, 5.74) is 0. The Morgan fingerprint density at radius 1 is 1.38 bits per heavy atom. The Bertz CT molecular complexity index is 35.4. The number of alkyl halides is 1. The zero-order valence-corrected chi connectivity index (χ0v) is 4.73. The first-order valence-electron chi connectivity index (χ1n) is 2.63. The zero-order valence-electron chi connectivity index (χ0n) is 4.73. The number of halogens is 1. The van der Waals surface area contributed by atoms with E-state index in [0.29, 0.717) is 13.0 Å². The maximum absolute atomic E-state index is 11.2. The van der Waals surface area contributed by atoms with E-state index in [4.69, 9.17) is 0 Å². The summed E-state index contributed by atoms with van der Waals surface area (Å²) >= 11 is 0. The average Bonchev–Trinajstić information content (AvgIpc) is 1.81. The van der Waals surface area contributed by atoms with Crippen molar-refractivity contribution in [1.82, 2.24) is 0 Å². The number of hydrogen-bond donors (Lipinski definition) is 0. The van der Waals surface area contributed by atoms with Crippen molar-refractivity contribution in [3.63, 3.8) is 0 Å². The van der Waals surface area contributed by atoms with Gasteiger partial charge in [-0.25, -0.2) is 9.50 Å². The molecule has 0 spiro atoms. The van der Waals surface area contributed by atoms with Gasteiger partial charge in [0.05, 0.1) is 13.2 Å². The molecule has 0 saturated carbocycles. The van der Waals surface area contributed by atoms with Gasteiger partial charge >= 0.3 is 0 Å². The molecule has 0 unspecified atom stereocenters. The first-order valence-corrected chi connectivity index (χ1v) is 2.63. The topological polar surface area (TPSA) is 29.1 Å². The summed E-state index contributed by atoms with van der Waals surface area (Å²) in [6.07, 6.45) is 0.486. The number of rotatable bonds is 5. The monoisotopic (exact) mass is 121 g/mol. The molecule has 0 heterocycles. The summed E-state index contributed by atoms with van der Waals surface area (Å²) in [4.78, 5) is 0. The average molecular weight is 121 g/mol. The van der Waals surface area contributed by atoms with E-state index in [-0.39, 0.29) is 13.2 Å². The molecule has 0 bridgehead atoms. The third-order valence-corrected chi connectivity index (χ3v) is 0.655. The van der Waals surface area contributed by atoms with Gasteiger partial charge in [0.25, 0.3) is 0 Å². The van der Waals surface area contributed by atoms with Gasteiger partial charge in [0, 0.05) is 6.61 Å². The Morgan fingerprint density at radius 3 is 2.62 bits per heavy atom. The maximum atomic E-state index is 11.2. The molecule has 0 atom stereocenters. The van der Waals surface area contributed by atoms with Crippen molar-refractivity contribution in [2.45, 2.75) is 6.42 Å². The first-order chi connectivity index (χ1) is 3.91.